The lowest BCUT2D eigenvalue weighted by Gasteiger charge is -2.35. The summed E-state index contributed by atoms with van der Waals surface area (Å²) >= 11 is 0. The summed E-state index contributed by atoms with van der Waals surface area (Å²) in [4.78, 5) is 15.6. The van der Waals surface area contributed by atoms with Crippen LogP contribution in [-0.4, -0.2) is 27.6 Å². The molecule has 0 fully saturated rings. The van der Waals surface area contributed by atoms with E-state index in [0.29, 0.717) is 17.6 Å². The van der Waals surface area contributed by atoms with Crippen molar-refractivity contribution in [1.29, 1.82) is 0 Å². The Morgan fingerprint density at radius 2 is 0.982 bits per heavy atom. The summed E-state index contributed by atoms with van der Waals surface area (Å²) in [6.07, 6.45) is 6.54. The van der Waals surface area contributed by atoms with Crippen LogP contribution in [0, 0.1) is 0 Å². The lowest BCUT2D eigenvalue weighted by Crippen LogP contribution is -2.68. The van der Waals surface area contributed by atoms with Crippen LogP contribution in [0.15, 0.2) is 224 Å². The van der Waals surface area contributed by atoms with Crippen molar-refractivity contribution in [3.05, 3.63) is 230 Å². The summed E-state index contributed by atoms with van der Waals surface area (Å²) in [6, 6.07) is 68.1. The van der Waals surface area contributed by atoms with Gasteiger partial charge in [0.25, 0.3) is 0 Å². The molecule has 0 N–H and O–H groups in total. The fourth-order valence-electron chi connectivity index (χ4n) is 8.00. The zero-order chi connectivity index (χ0) is 38.6. The van der Waals surface area contributed by atoms with Gasteiger partial charge in [-0.15, -0.1) is 0 Å². The van der Waals surface area contributed by atoms with Gasteiger partial charge < -0.3 is 0 Å². The first-order valence-corrected chi connectivity index (χ1v) is 21.2. The van der Waals surface area contributed by atoms with Gasteiger partial charge in [-0.3, -0.25) is 4.57 Å². The normalized spacial score (nSPS) is 12.1. The van der Waals surface area contributed by atoms with E-state index in [4.69, 9.17) is 21.5 Å². The fraction of sp³-hybridized carbons (Fsp3) is 0.0192. The predicted octanol–water partition coefficient (Wildman–Crippen LogP) is 10.5. The summed E-state index contributed by atoms with van der Waals surface area (Å²) in [5.41, 5.74) is 6.31. The topological polar surface area (TPSA) is 43.6 Å². The average molecular weight is 749 g/mol. The van der Waals surface area contributed by atoms with Gasteiger partial charge in [0.05, 0.1) is 11.0 Å². The van der Waals surface area contributed by atoms with Crippen LogP contribution in [0.1, 0.15) is 12.5 Å². The maximum Gasteiger partial charge on any atom is 0.238 e. The molecule has 2 aromatic heterocycles. The van der Waals surface area contributed by atoms with Crippen molar-refractivity contribution < 1.29 is 0 Å². The van der Waals surface area contributed by atoms with E-state index >= 15 is 0 Å². The number of benzene rings is 7. The Hall–Kier alpha value is -7.21. The Labute approximate surface area is 334 Å². The van der Waals surface area contributed by atoms with Crippen LogP contribution in [0.2, 0.25) is 0 Å². The van der Waals surface area contributed by atoms with Gasteiger partial charge in [-0.25, -0.2) is 4.98 Å². The van der Waals surface area contributed by atoms with E-state index in [9.17, 15) is 0 Å². The number of allylic oxidation sites excluding steroid dienone is 5. The standard InChI is InChI=1S/C52H40N4Si/c1-38(40-23-7-3-8-24-40)21-19-22-39(2)57(43-28-11-5-12-29-43,44-30-13-6-14-31-44)45-32-20-27-42(37-45)51-53-50(41-25-9-4-10-26-41)54-52(55-51)56-48-35-17-15-33-46(48)47-34-16-18-36-49(47)56/h3-37H,2H2,1H3/b22-19-,38-21+. The second-order valence-corrected chi connectivity index (χ2v) is 18.1. The average Bonchev–Trinajstić information content (AvgIpc) is 3.62. The SMILES string of the molecule is C=C(/C=C\C=C(/C)c1ccccc1)[Si](c1ccccc1)(c1ccccc1)c1cccc(-c2nc(-c3ccccc3)nc(-n3c4ccccc4c4ccccc43)n2)c1. The van der Waals surface area contributed by atoms with E-state index in [0.717, 1.165) is 38.1 Å². The Morgan fingerprint density at radius 1 is 0.509 bits per heavy atom. The summed E-state index contributed by atoms with van der Waals surface area (Å²) < 4.78 is 2.16. The first-order chi connectivity index (χ1) is 28.1. The van der Waals surface area contributed by atoms with Crippen molar-refractivity contribution >= 4 is 51.0 Å². The van der Waals surface area contributed by atoms with Crippen molar-refractivity contribution in [3.63, 3.8) is 0 Å². The van der Waals surface area contributed by atoms with Gasteiger partial charge in [0, 0.05) is 21.9 Å². The minimum Gasteiger partial charge on any atom is -0.278 e. The minimum absolute atomic E-state index is 0.573. The minimum atomic E-state index is -2.95. The van der Waals surface area contributed by atoms with Crippen molar-refractivity contribution in [2.75, 3.05) is 0 Å². The Morgan fingerprint density at radius 3 is 1.58 bits per heavy atom. The van der Waals surface area contributed by atoms with Crippen LogP contribution in [0.3, 0.4) is 0 Å². The second-order valence-electron chi connectivity index (χ2n) is 14.2. The number of hydrogen-bond acceptors (Lipinski definition) is 3. The third-order valence-electron chi connectivity index (χ3n) is 10.8. The van der Waals surface area contributed by atoms with Crippen LogP contribution >= 0.6 is 0 Å². The molecule has 7 aromatic carbocycles. The molecule has 0 saturated carbocycles. The molecule has 0 spiro atoms. The molecule has 0 aliphatic rings. The summed E-state index contributed by atoms with van der Waals surface area (Å²) in [7, 11) is -2.95. The maximum absolute atomic E-state index is 5.30. The fourth-order valence-corrected chi connectivity index (χ4v) is 12.6. The van der Waals surface area contributed by atoms with Gasteiger partial charge in [-0.1, -0.05) is 212 Å². The molecule has 0 atom stereocenters. The molecular formula is C52H40N4Si. The van der Waals surface area contributed by atoms with Crippen LogP contribution in [0.25, 0.3) is 56.1 Å². The van der Waals surface area contributed by atoms with E-state index in [-0.39, 0.29) is 0 Å². The second kappa shape index (κ2) is 15.5. The number of nitrogens with zero attached hydrogens (tertiary/aromatic N) is 4. The monoisotopic (exact) mass is 748 g/mol. The Bertz CT molecular complexity index is 2820. The number of fused-ring (bicyclic) bond motifs is 3. The number of rotatable bonds is 10. The number of para-hydroxylation sites is 2. The molecule has 9 aromatic rings. The zero-order valence-electron chi connectivity index (χ0n) is 31.7. The molecule has 0 amide bonds. The molecule has 0 aliphatic heterocycles. The van der Waals surface area contributed by atoms with Crippen molar-refractivity contribution in [2.24, 2.45) is 0 Å². The first kappa shape index (κ1) is 35.5. The smallest absolute Gasteiger partial charge is 0.238 e. The highest BCUT2D eigenvalue weighted by Gasteiger charge is 2.41. The maximum atomic E-state index is 5.30. The molecule has 5 heteroatoms. The molecule has 0 saturated heterocycles. The van der Waals surface area contributed by atoms with E-state index in [1.807, 2.05) is 24.3 Å². The van der Waals surface area contributed by atoms with Gasteiger partial charge in [-0.2, -0.15) is 9.97 Å². The van der Waals surface area contributed by atoms with Gasteiger partial charge in [0.1, 0.15) is 0 Å². The van der Waals surface area contributed by atoms with Crippen molar-refractivity contribution in [1.82, 2.24) is 19.5 Å². The van der Waals surface area contributed by atoms with E-state index < -0.39 is 8.07 Å². The molecular weight excluding hydrogens is 709 g/mol. The van der Waals surface area contributed by atoms with Crippen molar-refractivity contribution in [2.45, 2.75) is 6.92 Å². The Kier molecular flexibility index (Phi) is 9.65. The molecule has 4 nitrogen and oxygen atoms in total. The van der Waals surface area contributed by atoms with E-state index in [1.54, 1.807) is 0 Å². The van der Waals surface area contributed by atoms with E-state index in [2.05, 4.69) is 200 Å². The quantitative estimate of drug-likeness (QED) is 0.0795. The third-order valence-corrected chi connectivity index (χ3v) is 15.5. The van der Waals surface area contributed by atoms with Crippen molar-refractivity contribution in [3.8, 4) is 28.7 Å². The number of hydrogen-bond donors (Lipinski definition) is 0. The van der Waals surface area contributed by atoms with E-state index in [1.165, 1.54) is 26.7 Å². The van der Waals surface area contributed by atoms with Gasteiger partial charge in [0.15, 0.2) is 19.7 Å². The van der Waals surface area contributed by atoms with Gasteiger partial charge >= 0.3 is 0 Å². The molecule has 0 bridgehead atoms. The van der Waals surface area contributed by atoms with Gasteiger partial charge in [0.2, 0.25) is 5.95 Å². The zero-order valence-corrected chi connectivity index (χ0v) is 32.7. The van der Waals surface area contributed by atoms with Crippen LogP contribution in [0.5, 0.6) is 0 Å². The molecule has 9 rings (SSSR count). The first-order valence-electron chi connectivity index (χ1n) is 19.2. The molecule has 2 heterocycles. The lowest BCUT2D eigenvalue weighted by atomic mass is 10.1. The Balaban J connectivity index is 1.25. The number of aromatic nitrogens is 4. The lowest BCUT2D eigenvalue weighted by molar-refractivity contribution is 0.953. The van der Waals surface area contributed by atoms with Crippen LogP contribution in [0.4, 0.5) is 0 Å². The molecule has 272 valence electrons. The summed E-state index contributed by atoms with van der Waals surface area (Å²) in [5, 5.41) is 7.06. The van der Waals surface area contributed by atoms with Gasteiger partial charge in [-0.05, 0) is 45.8 Å². The highest BCUT2D eigenvalue weighted by molar-refractivity contribution is 7.16. The summed E-state index contributed by atoms with van der Waals surface area (Å²) in [6.45, 7) is 7.04. The predicted molar refractivity (Wildman–Crippen MR) is 241 cm³/mol. The summed E-state index contributed by atoms with van der Waals surface area (Å²) in [5.74, 6) is 1.80. The molecule has 57 heavy (non-hydrogen) atoms. The highest BCUT2D eigenvalue weighted by atomic mass is 28.3. The largest absolute Gasteiger partial charge is 0.278 e. The van der Waals surface area contributed by atoms with Crippen LogP contribution < -0.4 is 15.6 Å². The third kappa shape index (κ3) is 6.64. The molecule has 0 aliphatic carbocycles. The van der Waals surface area contributed by atoms with Crippen LogP contribution in [-0.2, 0) is 0 Å². The molecule has 0 unspecified atom stereocenters. The molecule has 0 radical (unpaired) electrons. The highest BCUT2D eigenvalue weighted by Crippen LogP contribution is 2.32.